The van der Waals surface area contributed by atoms with Gasteiger partial charge in [0.05, 0.1) is 16.1 Å². The van der Waals surface area contributed by atoms with Gasteiger partial charge in [-0.25, -0.2) is 8.78 Å². The molecule has 1 saturated carbocycles. The van der Waals surface area contributed by atoms with E-state index in [2.05, 4.69) is 32.2 Å². The van der Waals surface area contributed by atoms with Crippen molar-refractivity contribution >= 4 is 21.6 Å². The third-order valence-electron chi connectivity index (χ3n) is 4.30. The smallest absolute Gasteiger partial charge is 0.252 e. The maximum absolute atomic E-state index is 13.1. The average Bonchev–Trinajstić information content (AvgIpc) is 2.98. The Morgan fingerprint density at radius 2 is 1.96 bits per heavy atom. The molecule has 4 nitrogen and oxygen atoms in total. The van der Waals surface area contributed by atoms with Crippen LogP contribution >= 0.6 is 15.9 Å². The molecule has 24 heavy (non-hydrogen) atoms. The largest absolute Gasteiger partial charge is 0.285 e. The second-order valence-electron chi connectivity index (χ2n) is 5.91. The van der Waals surface area contributed by atoms with E-state index in [4.69, 9.17) is 5.26 Å². The highest BCUT2D eigenvalue weighted by atomic mass is 79.9. The standard InChI is InChI=1S/C17H11BrF2N4/c18-15-13(11-3-1-10(9-21)2-4-11)5-6-24-14(22-23-16(15)24)7-12-8-17(12,19)20/h1-6,12H,7-8H2. The topological polar surface area (TPSA) is 54.0 Å². The van der Waals surface area contributed by atoms with E-state index in [1.54, 1.807) is 22.7 Å². The molecule has 7 heteroatoms. The monoisotopic (exact) mass is 388 g/mol. The lowest BCUT2D eigenvalue weighted by Gasteiger charge is -2.07. The maximum Gasteiger partial charge on any atom is 0.252 e. The molecule has 4 rings (SSSR count). The molecule has 120 valence electrons. The number of aromatic nitrogens is 3. The molecular weight excluding hydrogens is 378 g/mol. The van der Waals surface area contributed by atoms with Gasteiger partial charge in [0, 0.05) is 30.5 Å². The number of alkyl halides is 2. The Morgan fingerprint density at radius 3 is 2.58 bits per heavy atom. The van der Waals surface area contributed by atoms with Crippen LogP contribution in [0.5, 0.6) is 0 Å². The number of pyridine rings is 1. The van der Waals surface area contributed by atoms with E-state index in [9.17, 15) is 8.78 Å². The zero-order chi connectivity index (χ0) is 16.9. The van der Waals surface area contributed by atoms with E-state index in [0.717, 1.165) is 15.6 Å². The van der Waals surface area contributed by atoms with Gasteiger partial charge >= 0.3 is 0 Å². The first-order chi connectivity index (χ1) is 11.5. The van der Waals surface area contributed by atoms with Crippen LogP contribution in [-0.2, 0) is 6.42 Å². The van der Waals surface area contributed by atoms with Crippen molar-refractivity contribution in [3.63, 3.8) is 0 Å². The van der Waals surface area contributed by atoms with Gasteiger partial charge in [-0.2, -0.15) is 5.26 Å². The third-order valence-corrected chi connectivity index (χ3v) is 5.08. The summed E-state index contributed by atoms with van der Waals surface area (Å²) in [7, 11) is 0. The Hall–Kier alpha value is -2.33. The lowest BCUT2D eigenvalue weighted by atomic mass is 10.1. The van der Waals surface area contributed by atoms with Crippen molar-refractivity contribution in [2.45, 2.75) is 18.8 Å². The van der Waals surface area contributed by atoms with Crippen LogP contribution in [0.3, 0.4) is 0 Å². The van der Waals surface area contributed by atoms with Gasteiger partial charge in [0.25, 0.3) is 5.92 Å². The summed E-state index contributed by atoms with van der Waals surface area (Å²) in [6, 6.07) is 11.2. The highest BCUT2D eigenvalue weighted by Gasteiger charge is 2.56. The second kappa shape index (κ2) is 5.35. The minimum atomic E-state index is -2.56. The van der Waals surface area contributed by atoms with Crippen LogP contribution in [0.4, 0.5) is 8.78 Å². The Bertz CT molecular complexity index is 973. The highest BCUT2D eigenvalue weighted by molar-refractivity contribution is 9.10. The van der Waals surface area contributed by atoms with Gasteiger partial charge in [-0.15, -0.1) is 10.2 Å². The summed E-state index contributed by atoms with van der Waals surface area (Å²) in [6.45, 7) is 0. The number of hydrogen-bond acceptors (Lipinski definition) is 3. The lowest BCUT2D eigenvalue weighted by Crippen LogP contribution is -2.02. The fourth-order valence-corrected chi connectivity index (χ4v) is 3.40. The fraction of sp³-hybridized carbons (Fsp3) is 0.235. The number of nitriles is 1. The van der Waals surface area contributed by atoms with Crippen molar-refractivity contribution in [1.82, 2.24) is 14.6 Å². The molecular formula is C17H11BrF2N4. The quantitative estimate of drug-likeness (QED) is 0.674. The van der Waals surface area contributed by atoms with Crippen LogP contribution in [0, 0.1) is 17.2 Å². The lowest BCUT2D eigenvalue weighted by molar-refractivity contribution is 0.0984. The molecule has 1 fully saturated rings. The van der Waals surface area contributed by atoms with E-state index in [-0.39, 0.29) is 12.8 Å². The van der Waals surface area contributed by atoms with Crippen molar-refractivity contribution in [2.24, 2.45) is 5.92 Å². The Labute approximate surface area is 144 Å². The molecule has 0 bridgehead atoms. The molecule has 0 spiro atoms. The van der Waals surface area contributed by atoms with Gasteiger partial charge in [0.1, 0.15) is 5.82 Å². The zero-order valence-electron chi connectivity index (χ0n) is 12.4. The van der Waals surface area contributed by atoms with Gasteiger partial charge in [-0.05, 0) is 39.7 Å². The van der Waals surface area contributed by atoms with Gasteiger partial charge in [0.2, 0.25) is 0 Å². The van der Waals surface area contributed by atoms with Crippen molar-refractivity contribution < 1.29 is 8.78 Å². The number of nitrogens with zero attached hydrogens (tertiary/aromatic N) is 4. The molecule has 1 aliphatic rings. The summed E-state index contributed by atoms with van der Waals surface area (Å²) in [6.07, 6.45) is 1.94. The molecule has 1 aromatic carbocycles. The fourth-order valence-electron chi connectivity index (χ4n) is 2.77. The molecule has 0 saturated heterocycles. The molecule has 0 N–H and O–H groups in total. The molecule has 0 radical (unpaired) electrons. The number of halogens is 3. The third kappa shape index (κ3) is 2.47. The Morgan fingerprint density at radius 1 is 1.25 bits per heavy atom. The number of rotatable bonds is 3. The molecule has 2 aromatic heterocycles. The molecule has 3 aromatic rings. The summed E-state index contributed by atoms with van der Waals surface area (Å²) in [5, 5.41) is 17.1. The molecule has 1 aliphatic carbocycles. The Kier molecular flexibility index (Phi) is 3.39. The number of hydrogen-bond donors (Lipinski definition) is 0. The summed E-state index contributed by atoms with van der Waals surface area (Å²) in [5.41, 5.74) is 3.02. The van der Waals surface area contributed by atoms with E-state index in [0.29, 0.717) is 17.0 Å². The van der Waals surface area contributed by atoms with Gasteiger partial charge < -0.3 is 0 Å². The average molecular weight is 389 g/mol. The predicted octanol–water partition coefficient (Wildman–Crippen LogP) is 4.23. The van der Waals surface area contributed by atoms with Crippen LogP contribution in [0.15, 0.2) is 41.0 Å². The number of fused-ring (bicyclic) bond motifs is 1. The van der Waals surface area contributed by atoms with E-state index in [1.807, 2.05) is 18.2 Å². The van der Waals surface area contributed by atoms with Gasteiger partial charge in [-0.1, -0.05) is 12.1 Å². The molecule has 2 heterocycles. The molecule has 0 aliphatic heterocycles. The summed E-state index contributed by atoms with van der Waals surface area (Å²) >= 11 is 3.54. The molecule has 1 atom stereocenters. The van der Waals surface area contributed by atoms with Crippen LogP contribution in [0.1, 0.15) is 17.8 Å². The predicted molar refractivity (Wildman–Crippen MR) is 87.6 cm³/mol. The SMILES string of the molecule is N#Cc1ccc(-c2ccn3c(CC4CC4(F)F)nnc3c2Br)cc1. The normalized spacial score (nSPS) is 18.5. The van der Waals surface area contributed by atoms with Gasteiger partial charge in [0.15, 0.2) is 5.65 Å². The van der Waals surface area contributed by atoms with Crippen LogP contribution in [-0.4, -0.2) is 20.5 Å². The maximum atomic E-state index is 13.1. The Balaban J connectivity index is 1.72. The minimum absolute atomic E-state index is 0.0770. The summed E-state index contributed by atoms with van der Waals surface area (Å²) in [4.78, 5) is 0. The van der Waals surface area contributed by atoms with E-state index in [1.165, 1.54) is 0 Å². The van der Waals surface area contributed by atoms with Crippen molar-refractivity contribution in [1.29, 1.82) is 5.26 Å². The van der Waals surface area contributed by atoms with Crippen molar-refractivity contribution in [3.8, 4) is 17.2 Å². The van der Waals surface area contributed by atoms with E-state index < -0.39 is 11.8 Å². The first kappa shape index (κ1) is 15.2. The first-order valence-corrected chi connectivity index (χ1v) is 8.19. The molecule has 0 amide bonds. The summed E-state index contributed by atoms with van der Waals surface area (Å²) < 4.78 is 28.7. The second-order valence-corrected chi connectivity index (χ2v) is 6.70. The van der Waals surface area contributed by atoms with Crippen molar-refractivity contribution in [3.05, 3.63) is 52.4 Å². The molecule has 1 unspecified atom stereocenters. The first-order valence-electron chi connectivity index (χ1n) is 7.40. The highest BCUT2D eigenvalue weighted by Crippen LogP contribution is 2.50. The summed E-state index contributed by atoms with van der Waals surface area (Å²) in [5.74, 6) is -2.66. The zero-order valence-corrected chi connectivity index (χ0v) is 14.0. The van der Waals surface area contributed by atoms with E-state index >= 15 is 0 Å². The van der Waals surface area contributed by atoms with Crippen molar-refractivity contribution in [2.75, 3.05) is 0 Å². The van der Waals surface area contributed by atoms with Gasteiger partial charge in [-0.3, -0.25) is 4.40 Å². The van der Waals surface area contributed by atoms with Crippen LogP contribution in [0.2, 0.25) is 0 Å². The van der Waals surface area contributed by atoms with Crippen LogP contribution < -0.4 is 0 Å². The van der Waals surface area contributed by atoms with Crippen LogP contribution in [0.25, 0.3) is 16.8 Å². The minimum Gasteiger partial charge on any atom is -0.285 e. The number of benzene rings is 1.